The smallest absolute Gasteiger partial charge is 0.243 e. The normalized spacial score (nSPS) is 19.1. The first-order valence-corrected chi connectivity index (χ1v) is 19.4. The molecule has 2 saturated heterocycles. The minimum atomic E-state index is -3.76. The molecule has 3 heterocycles. The maximum Gasteiger partial charge on any atom is 0.243 e. The van der Waals surface area contributed by atoms with Gasteiger partial charge in [0.05, 0.1) is 26.9 Å². The van der Waals surface area contributed by atoms with Gasteiger partial charge in [-0.05, 0) is 79.8 Å². The van der Waals surface area contributed by atoms with Crippen LogP contribution in [0.1, 0.15) is 61.8 Å². The lowest BCUT2D eigenvalue weighted by Crippen LogP contribution is -2.50. The van der Waals surface area contributed by atoms with Crippen LogP contribution < -0.4 is 5.32 Å². The van der Waals surface area contributed by atoms with Crippen LogP contribution in [0.3, 0.4) is 0 Å². The number of thiocarbonyl (C=S) groups is 1. The maximum absolute atomic E-state index is 13.3. The molecule has 4 aromatic rings. The summed E-state index contributed by atoms with van der Waals surface area (Å²) < 4.78 is 82.8. The Morgan fingerprint density at radius 3 is 1.88 bits per heavy atom. The summed E-state index contributed by atoms with van der Waals surface area (Å²) in [6.07, 6.45) is 5.47. The van der Waals surface area contributed by atoms with Gasteiger partial charge in [0.15, 0.2) is 5.82 Å². The van der Waals surface area contributed by atoms with E-state index in [9.17, 15) is 25.6 Å². The van der Waals surface area contributed by atoms with Crippen molar-refractivity contribution in [1.82, 2.24) is 28.7 Å². The highest BCUT2D eigenvalue weighted by Crippen LogP contribution is 2.35. The van der Waals surface area contributed by atoms with Crippen LogP contribution in [0.15, 0.2) is 88.7 Å². The van der Waals surface area contributed by atoms with Crippen LogP contribution in [0, 0.1) is 11.6 Å². The van der Waals surface area contributed by atoms with E-state index in [1.807, 2.05) is 41.9 Å². The third-order valence-corrected chi connectivity index (χ3v) is 13.1. The molecule has 1 aromatic heterocycles. The number of nitrogens with zero attached hydrogens (tertiary/aromatic N) is 5. The number of piperidine rings is 2. The summed E-state index contributed by atoms with van der Waals surface area (Å²) in [5, 5.41) is 11.5. The van der Waals surface area contributed by atoms with Crippen molar-refractivity contribution in [3.63, 3.8) is 0 Å². The Balaban J connectivity index is 0.000000205. The van der Waals surface area contributed by atoms with Crippen molar-refractivity contribution in [2.24, 2.45) is 7.05 Å². The molecular formula is C34H40F2N6O4S3. The largest absolute Gasteiger partial charge is 0.381 e. The number of sulfonamides is 2. The van der Waals surface area contributed by atoms with Crippen LogP contribution in [0.2, 0.25) is 0 Å². The van der Waals surface area contributed by atoms with E-state index in [0.717, 1.165) is 49.2 Å². The van der Waals surface area contributed by atoms with Crippen LogP contribution in [0.5, 0.6) is 0 Å². The Labute approximate surface area is 292 Å². The predicted octanol–water partition coefficient (Wildman–Crippen LogP) is 5.38. The van der Waals surface area contributed by atoms with Crippen molar-refractivity contribution in [2.75, 3.05) is 20.1 Å². The lowest BCUT2D eigenvalue weighted by Gasteiger charge is -2.34. The molecule has 2 atom stereocenters. The molecule has 10 nitrogen and oxygen atoms in total. The van der Waals surface area contributed by atoms with E-state index in [2.05, 4.69) is 15.5 Å². The first kappa shape index (κ1) is 36.6. The third kappa shape index (κ3) is 8.40. The quantitative estimate of drug-likeness (QED) is 0.241. The zero-order valence-electron chi connectivity index (χ0n) is 27.4. The zero-order valence-corrected chi connectivity index (χ0v) is 29.8. The summed E-state index contributed by atoms with van der Waals surface area (Å²) >= 11 is 5.21. The Hall–Kier alpha value is -3.63. The average Bonchev–Trinajstić information content (AvgIpc) is 3.48. The highest BCUT2D eigenvalue weighted by Gasteiger charge is 2.38. The average molecular weight is 731 g/mol. The molecule has 0 bridgehead atoms. The van der Waals surface area contributed by atoms with Crippen molar-refractivity contribution < 1.29 is 25.6 Å². The second kappa shape index (κ2) is 15.9. The fraction of sp³-hybridized carbons (Fsp3) is 0.382. The van der Waals surface area contributed by atoms with Gasteiger partial charge in [0, 0.05) is 33.6 Å². The van der Waals surface area contributed by atoms with Gasteiger partial charge in [-0.15, -0.1) is 10.2 Å². The van der Waals surface area contributed by atoms with Crippen molar-refractivity contribution in [2.45, 2.75) is 66.8 Å². The summed E-state index contributed by atoms with van der Waals surface area (Å²) in [5.41, 5.74) is 1.12. The molecule has 3 aromatic carbocycles. The minimum Gasteiger partial charge on any atom is -0.381 e. The van der Waals surface area contributed by atoms with Crippen LogP contribution in [-0.4, -0.2) is 71.4 Å². The van der Waals surface area contributed by atoms with E-state index in [4.69, 9.17) is 12.2 Å². The first-order valence-electron chi connectivity index (χ1n) is 16.1. The van der Waals surface area contributed by atoms with Crippen molar-refractivity contribution >= 4 is 37.3 Å². The van der Waals surface area contributed by atoms with Gasteiger partial charge >= 0.3 is 0 Å². The Bertz CT molecular complexity index is 1940. The first-order chi connectivity index (χ1) is 23.4. The summed E-state index contributed by atoms with van der Waals surface area (Å²) in [7, 11) is -3.83. The van der Waals surface area contributed by atoms with Crippen LogP contribution in [-0.2, 0) is 33.5 Å². The number of benzene rings is 3. The SMILES string of the molecule is CNC(=S)[C@@H]1CCCCN1S(=O)(=O)c1ccc(F)cc1.Cn1c(Cc2ccccc2)nnc1[C@@H]1CCCCN1S(=O)(=O)c1ccc(F)cc1. The Morgan fingerprint density at radius 1 is 0.776 bits per heavy atom. The van der Waals surface area contributed by atoms with Gasteiger partial charge in [-0.2, -0.15) is 8.61 Å². The van der Waals surface area contributed by atoms with E-state index in [0.29, 0.717) is 43.2 Å². The second-order valence-electron chi connectivity index (χ2n) is 12.0. The van der Waals surface area contributed by atoms with E-state index >= 15 is 0 Å². The van der Waals surface area contributed by atoms with E-state index in [1.165, 1.54) is 45.0 Å². The molecule has 2 fully saturated rings. The Kier molecular flexibility index (Phi) is 11.9. The van der Waals surface area contributed by atoms with Gasteiger partial charge in [0.1, 0.15) is 17.5 Å². The molecule has 49 heavy (non-hydrogen) atoms. The van der Waals surface area contributed by atoms with Crippen LogP contribution in [0.25, 0.3) is 0 Å². The van der Waals surface area contributed by atoms with Crippen LogP contribution in [0.4, 0.5) is 8.78 Å². The molecular weight excluding hydrogens is 691 g/mol. The van der Waals surface area contributed by atoms with Gasteiger partial charge in [0.25, 0.3) is 0 Å². The number of aromatic nitrogens is 3. The fourth-order valence-corrected chi connectivity index (χ4v) is 9.79. The monoisotopic (exact) mass is 730 g/mol. The minimum absolute atomic E-state index is 0.0949. The van der Waals surface area contributed by atoms with Gasteiger partial charge in [-0.3, -0.25) is 0 Å². The maximum atomic E-state index is 13.3. The summed E-state index contributed by atoms with van der Waals surface area (Å²) in [6.45, 7) is 0.845. The second-order valence-corrected chi connectivity index (χ2v) is 16.2. The van der Waals surface area contributed by atoms with Crippen LogP contribution >= 0.6 is 12.2 Å². The lowest BCUT2D eigenvalue weighted by molar-refractivity contribution is 0.242. The number of nitrogens with one attached hydrogen (secondary N) is 1. The molecule has 0 amide bonds. The molecule has 0 saturated carbocycles. The number of likely N-dealkylation sites (N-methyl/N-ethyl adjacent to an activating group) is 1. The van der Waals surface area contributed by atoms with Crippen molar-refractivity contribution in [3.05, 3.63) is 108 Å². The third-order valence-electron chi connectivity index (χ3n) is 8.80. The van der Waals surface area contributed by atoms with Gasteiger partial charge in [-0.1, -0.05) is 55.4 Å². The summed E-state index contributed by atoms with van der Waals surface area (Å²) in [5.74, 6) is 0.514. The molecule has 6 rings (SSSR count). The number of hydrogen-bond donors (Lipinski definition) is 1. The summed E-state index contributed by atoms with van der Waals surface area (Å²) in [4.78, 5) is 0.720. The lowest BCUT2D eigenvalue weighted by atomic mass is 10.0. The molecule has 0 aliphatic carbocycles. The predicted molar refractivity (Wildman–Crippen MR) is 187 cm³/mol. The van der Waals surface area contributed by atoms with E-state index in [-0.39, 0.29) is 21.9 Å². The molecule has 15 heteroatoms. The molecule has 0 unspecified atom stereocenters. The Morgan fingerprint density at radius 2 is 1.31 bits per heavy atom. The van der Waals surface area contributed by atoms with E-state index in [1.54, 1.807) is 7.05 Å². The summed E-state index contributed by atoms with van der Waals surface area (Å²) in [6, 6.07) is 19.1. The standard InChI is InChI=1S/C21H23FN4O2S.C13H17FN2O2S2/c1-25-20(15-16-7-3-2-4-8-16)23-24-21(25)19-9-5-6-14-26(19)29(27,28)18-12-10-17(22)11-13-18;1-15-13(19)12-4-2-3-9-16(12)20(17,18)11-7-5-10(14)6-8-11/h2-4,7-8,10-13,19H,5-6,9,14-15H2,1H3;5-8,12H,2-4,9H2,1H3,(H,15,19)/t19-;12-/m00/s1. The molecule has 1 N–H and O–H groups in total. The molecule has 2 aliphatic heterocycles. The number of rotatable bonds is 8. The van der Waals surface area contributed by atoms with Gasteiger partial charge < -0.3 is 9.88 Å². The highest BCUT2D eigenvalue weighted by molar-refractivity contribution is 7.89. The molecule has 0 spiro atoms. The van der Waals surface area contributed by atoms with Gasteiger partial charge in [-0.25, -0.2) is 25.6 Å². The molecule has 0 radical (unpaired) electrons. The fourth-order valence-electron chi connectivity index (χ4n) is 6.15. The van der Waals surface area contributed by atoms with Crippen molar-refractivity contribution in [3.8, 4) is 0 Å². The molecule has 2 aliphatic rings. The van der Waals surface area contributed by atoms with Gasteiger partial charge in [0.2, 0.25) is 20.0 Å². The highest BCUT2D eigenvalue weighted by atomic mass is 32.2. The number of halogens is 2. The number of hydrogen-bond acceptors (Lipinski definition) is 7. The zero-order chi connectivity index (χ0) is 35.2. The molecule has 262 valence electrons. The van der Waals surface area contributed by atoms with E-state index < -0.39 is 31.7 Å². The topological polar surface area (TPSA) is 118 Å². The van der Waals surface area contributed by atoms with Crippen molar-refractivity contribution in [1.29, 1.82) is 0 Å².